The minimum absolute atomic E-state index is 0.714. The first-order chi connectivity index (χ1) is 8.72. The maximum atomic E-state index is 3.55. The maximum Gasteiger partial charge on any atom is 0.00954 e. The lowest BCUT2D eigenvalue weighted by atomic mass is 9.90. The van der Waals surface area contributed by atoms with Crippen molar-refractivity contribution in [2.24, 2.45) is 5.92 Å². The van der Waals surface area contributed by atoms with Crippen molar-refractivity contribution in [2.75, 3.05) is 7.05 Å². The number of aryl methyl sites for hydroxylation is 2. The molecule has 1 aliphatic carbocycles. The molecule has 100 valence electrons. The van der Waals surface area contributed by atoms with Crippen molar-refractivity contribution in [1.29, 1.82) is 0 Å². The highest BCUT2D eigenvalue weighted by molar-refractivity contribution is 5.33. The molecule has 0 bridgehead atoms. The summed E-state index contributed by atoms with van der Waals surface area (Å²) in [6.45, 7) is 4.48. The third kappa shape index (κ3) is 3.14. The first-order valence-electron chi connectivity index (χ1n) is 7.44. The summed E-state index contributed by atoms with van der Waals surface area (Å²) >= 11 is 0. The van der Waals surface area contributed by atoms with E-state index < -0.39 is 0 Å². The van der Waals surface area contributed by atoms with Crippen LogP contribution >= 0.6 is 0 Å². The molecule has 1 fully saturated rings. The number of hydrogen-bond donors (Lipinski definition) is 1. The van der Waals surface area contributed by atoms with Gasteiger partial charge in [-0.3, -0.25) is 0 Å². The lowest BCUT2D eigenvalue weighted by Gasteiger charge is -2.23. The number of nitrogens with one attached hydrogen (secondary N) is 1. The zero-order valence-electron chi connectivity index (χ0n) is 12.1. The van der Waals surface area contributed by atoms with Crippen LogP contribution < -0.4 is 5.32 Å². The topological polar surface area (TPSA) is 12.0 Å². The minimum Gasteiger partial charge on any atom is -0.317 e. The van der Waals surface area contributed by atoms with Crippen molar-refractivity contribution in [3.8, 4) is 0 Å². The molecule has 0 aliphatic heterocycles. The molecule has 2 rings (SSSR count). The number of benzene rings is 1. The third-order valence-electron chi connectivity index (χ3n) is 4.69. The standard InChI is InChI=1S/C17H27N/c1-13-7-6-8-14(2)16(13)11-12-17(18-3)15-9-4-5-10-15/h6-8,15,17-18H,4-5,9-12H2,1-3H3. The molecule has 1 saturated carbocycles. The average molecular weight is 245 g/mol. The van der Waals surface area contributed by atoms with Gasteiger partial charge < -0.3 is 5.32 Å². The molecule has 0 heterocycles. The van der Waals surface area contributed by atoms with Crippen LogP contribution in [0, 0.1) is 19.8 Å². The summed E-state index contributed by atoms with van der Waals surface area (Å²) in [5, 5.41) is 3.55. The smallest absolute Gasteiger partial charge is 0.00954 e. The lowest BCUT2D eigenvalue weighted by Crippen LogP contribution is -2.32. The summed E-state index contributed by atoms with van der Waals surface area (Å²) in [7, 11) is 2.13. The molecule has 1 unspecified atom stereocenters. The molecule has 1 aromatic rings. The van der Waals surface area contributed by atoms with Crippen LogP contribution in [0.15, 0.2) is 18.2 Å². The Morgan fingerprint density at radius 2 is 1.78 bits per heavy atom. The largest absolute Gasteiger partial charge is 0.317 e. The van der Waals surface area contributed by atoms with E-state index in [1.54, 1.807) is 5.56 Å². The fourth-order valence-corrected chi connectivity index (χ4v) is 3.52. The number of rotatable bonds is 5. The van der Waals surface area contributed by atoms with Crippen LogP contribution in [0.1, 0.15) is 48.8 Å². The number of hydrogen-bond acceptors (Lipinski definition) is 1. The second kappa shape index (κ2) is 6.38. The van der Waals surface area contributed by atoms with Gasteiger partial charge in [0.1, 0.15) is 0 Å². The molecule has 0 radical (unpaired) electrons. The van der Waals surface area contributed by atoms with E-state index in [4.69, 9.17) is 0 Å². The third-order valence-corrected chi connectivity index (χ3v) is 4.69. The van der Waals surface area contributed by atoms with Crippen LogP contribution in [-0.2, 0) is 6.42 Å². The van der Waals surface area contributed by atoms with Crippen LogP contribution in [0.3, 0.4) is 0 Å². The lowest BCUT2D eigenvalue weighted by molar-refractivity contribution is 0.359. The van der Waals surface area contributed by atoms with Crippen LogP contribution in [0.4, 0.5) is 0 Å². The van der Waals surface area contributed by atoms with Gasteiger partial charge in [0.15, 0.2) is 0 Å². The van der Waals surface area contributed by atoms with E-state index in [1.165, 1.54) is 49.7 Å². The van der Waals surface area contributed by atoms with Gasteiger partial charge in [0.25, 0.3) is 0 Å². The summed E-state index contributed by atoms with van der Waals surface area (Å²) in [5.74, 6) is 0.916. The van der Waals surface area contributed by atoms with Crippen LogP contribution in [-0.4, -0.2) is 13.1 Å². The van der Waals surface area contributed by atoms with E-state index in [1.807, 2.05) is 0 Å². The fourth-order valence-electron chi connectivity index (χ4n) is 3.52. The molecule has 0 spiro atoms. The highest BCUT2D eigenvalue weighted by Crippen LogP contribution is 2.30. The minimum atomic E-state index is 0.714. The summed E-state index contributed by atoms with van der Waals surface area (Å²) in [6.07, 6.45) is 8.24. The molecule has 0 aromatic heterocycles. The van der Waals surface area contributed by atoms with Gasteiger partial charge in [-0.05, 0) is 69.2 Å². The SMILES string of the molecule is CNC(CCc1c(C)cccc1C)C1CCCC1. The predicted molar refractivity (Wildman–Crippen MR) is 79.0 cm³/mol. The average Bonchev–Trinajstić information content (AvgIpc) is 2.87. The van der Waals surface area contributed by atoms with Crippen LogP contribution in [0.2, 0.25) is 0 Å². The summed E-state index contributed by atoms with van der Waals surface area (Å²) < 4.78 is 0. The molecule has 1 N–H and O–H groups in total. The van der Waals surface area contributed by atoms with Gasteiger partial charge >= 0.3 is 0 Å². The molecule has 18 heavy (non-hydrogen) atoms. The van der Waals surface area contributed by atoms with Crippen molar-refractivity contribution in [1.82, 2.24) is 5.32 Å². The Morgan fingerprint density at radius 1 is 1.17 bits per heavy atom. The summed E-state index contributed by atoms with van der Waals surface area (Å²) in [6, 6.07) is 7.37. The zero-order chi connectivity index (χ0) is 13.0. The van der Waals surface area contributed by atoms with Crippen molar-refractivity contribution in [3.63, 3.8) is 0 Å². The quantitative estimate of drug-likeness (QED) is 0.826. The van der Waals surface area contributed by atoms with Gasteiger partial charge in [0.05, 0.1) is 0 Å². The van der Waals surface area contributed by atoms with Gasteiger partial charge in [0.2, 0.25) is 0 Å². The zero-order valence-corrected chi connectivity index (χ0v) is 12.1. The molecule has 1 aromatic carbocycles. The molecule has 0 saturated heterocycles. The fraction of sp³-hybridized carbons (Fsp3) is 0.647. The predicted octanol–water partition coefficient (Wildman–Crippen LogP) is 4.01. The van der Waals surface area contributed by atoms with Crippen molar-refractivity contribution in [2.45, 2.75) is 58.4 Å². The maximum absolute atomic E-state index is 3.55. The Kier molecular flexibility index (Phi) is 4.82. The van der Waals surface area contributed by atoms with E-state index in [0.29, 0.717) is 6.04 Å². The second-order valence-corrected chi connectivity index (χ2v) is 5.85. The monoisotopic (exact) mass is 245 g/mol. The molecule has 1 heteroatoms. The van der Waals surface area contributed by atoms with Crippen LogP contribution in [0.25, 0.3) is 0 Å². The molecular formula is C17H27N. The summed E-state index contributed by atoms with van der Waals surface area (Å²) in [4.78, 5) is 0. The second-order valence-electron chi connectivity index (χ2n) is 5.85. The first-order valence-corrected chi connectivity index (χ1v) is 7.44. The Labute approximate surface area is 112 Å². The molecular weight excluding hydrogens is 218 g/mol. The van der Waals surface area contributed by atoms with E-state index >= 15 is 0 Å². The first kappa shape index (κ1) is 13.6. The molecule has 1 nitrogen and oxygen atoms in total. The molecule has 1 atom stereocenters. The van der Waals surface area contributed by atoms with Crippen molar-refractivity contribution >= 4 is 0 Å². The van der Waals surface area contributed by atoms with E-state index in [2.05, 4.69) is 44.4 Å². The Hall–Kier alpha value is -0.820. The van der Waals surface area contributed by atoms with Gasteiger partial charge in [-0.2, -0.15) is 0 Å². The summed E-state index contributed by atoms with van der Waals surface area (Å²) in [5.41, 5.74) is 4.48. The molecule has 0 amide bonds. The van der Waals surface area contributed by atoms with Gasteiger partial charge in [-0.25, -0.2) is 0 Å². The van der Waals surface area contributed by atoms with Gasteiger partial charge in [-0.1, -0.05) is 31.0 Å². The van der Waals surface area contributed by atoms with Crippen LogP contribution in [0.5, 0.6) is 0 Å². The van der Waals surface area contributed by atoms with E-state index in [9.17, 15) is 0 Å². The van der Waals surface area contributed by atoms with Gasteiger partial charge in [-0.15, -0.1) is 0 Å². The normalized spacial score (nSPS) is 18.2. The highest BCUT2D eigenvalue weighted by atomic mass is 14.9. The van der Waals surface area contributed by atoms with Crippen molar-refractivity contribution < 1.29 is 0 Å². The Bertz CT molecular complexity index is 357. The van der Waals surface area contributed by atoms with Crippen molar-refractivity contribution in [3.05, 3.63) is 34.9 Å². The Morgan fingerprint density at radius 3 is 2.33 bits per heavy atom. The molecule has 1 aliphatic rings. The van der Waals surface area contributed by atoms with E-state index in [0.717, 1.165) is 5.92 Å². The van der Waals surface area contributed by atoms with E-state index in [-0.39, 0.29) is 0 Å². The van der Waals surface area contributed by atoms with Gasteiger partial charge in [0, 0.05) is 6.04 Å². The highest BCUT2D eigenvalue weighted by Gasteiger charge is 2.23. The Balaban J connectivity index is 1.97.